The fourth-order valence-corrected chi connectivity index (χ4v) is 4.12. The second kappa shape index (κ2) is 5.13. The molecular weight excluding hydrogens is 277 g/mol. The van der Waals surface area contributed by atoms with Crippen molar-refractivity contribution in [2.75, 3.05) is 0 Å². The Hall–Kier alpha value is -1.49. The molecule has 1 heterocycles. The van der Waals surface area contributed by atoms with Crippen molar-refractivity contribution in [2.45, 2.75) is 37.7 Å². The molecule has 2 aromatic rings. The van der Waals surface area contributed by atoms with Gasteiger partial charge in [-0.1, -0.05) is 12.1 Å². The van der Waals surface area contributed by atoms with Crippen LogP contribution in [0.15, 0.2) is 22.6 Å². The summed E-state index contributed by atoms with van der Waals surface area (Å²) < 4.78 is 31.7. The number of hydrogen-bond acceptors (Lipinski definition) is 3. The van der Waals surface area contributed by atoms with E-state index in [4.69, 9.17) is 4.42 Å². The largest absolute Gasteiger partial charge is 0.445 e. The van der Waals surface area contributed by atoms with Gasteiger partial charge in [0.1, 0.15) is 17.3 Å². The van der Waals surface area contributed by atoms with E-state index in [-0.39, 0.29) is 16.8 Å². The molecule has 5 heteroatoms. The molecule has 3 nitrogen and oxygen atoms in total. The van der Waals surface area contributed by atoms with Crippen molar-refractivity contribution in [3.8, 4) is 0 Å². The zero-order chi connectivity index (χ0) is 14.3. The molecule has 0 unspecified atom stereocenters. The molecule has 20 heavy (non-hydrogen) atoms. The summed E-state index contributed by atoms with van der Waals surface area (Å²) in [7, 11) is -1.13. The van der Waals surface area contributed by atoms with Gasteiger partial charge in [0.2, 0.25) is 5.89 Å². The number of halogens is 1. The molecule has 1 aromatic carbocycles. The van der Waals surface area contributed by atoms with Crippen LogP contribution in [0, 0.1) is 19.7 Å². The average molecular weight is 293 g/mol. The minimum Gasteiger partial charge on any atom is -0.445 e. The third-order valence-corrected chi connectivity index (χ3v) is 5.47. The van der Waals surface area contributed by atoms with E-state index in [2.05, 4.69) is 4.98 Å². The van der Waals surface area contributed by atoms with Gasteiger partial charge in [0, 0.05) is 10.8 Å². The Bertz CT molecular complexity index is 661. The molecule has 0 aliphatic heterocycles. The Morgan fingerprint density at radius 2 is 2.25 bits per heavy atom. The van der Waals surface area contributed by atoms with Crippen molar-refractivity contribution in [3.63, 3.8) is 0 Å². The first-order valence-electron chi connectivity index (χ1n) is 6.63. The van der Waals surface area contributed by atoms with Gasteiger partial charge in [0.25, 0.3) is 0 Å². The minimum absolute atomic E-state index is 0.117. The van der Waals surface area contributed by atoms with Crippen LogP contribution in [-0.2, 0) is 23.0 Å². The maximum absolute atomic E-state index is 13.7. The molecule has 3 rings (SSSR count). The molecule has 1 aliphatic rings. The molecule has 0 bridgehead atoms. The Balaban J connectivity index is 1.82. The molecule has 106 valence electrons. The quantitative estimate of drug-likeness (QED) is 0.871. The summed E-state index contributed by atoms with van der Waals surface area (Å²) in [5.41, 5.74) is 2.42. The summed E-state index contributed by atoms with van der Waals surface area (Å²) in [5, 5.41) is -0.117. The van der Waals surface area contributed by atoms with Gasteiger partial charge in [-0.05, 0) is 43.9 Å². The van der Waals surface area contributed by atoms with Crippen molar-refractivity contribution in [1.29, 1.82) is 0 Å². The van der Waals surface area contributed by atoms with Crippen LogP contribution in [0.3, 0.4) is 0 Å². The smallest absolute Gasteiger partial charge is 0.207 e. The van der Waals surface area contributed by atoms with Gasteiger partial charge in [-0.2, -0.15) is 0 Å². The van der Waals surface area contributed by atoms with Gasteiger partial charge in [0.05, 0.1) is 10.9 Å². The molecule has 0 saturated heterocycles. The Labute approximate surface area is 119 Å². The standard InChI is InChI=1S/C15H16FNO2S/c1-9-10(2)19-15(17-9)8-20(18)14-7-6-11-12(14)4-3-5-13(11)16/h3-5,14H,6-8H2,1-2H3/t14-,20-/m1/s1. The van der Waals surface area contributed by atoms with Gasteiger partial charge < -0.3 is 4.42 Å². The number of oxazole rings is 1. The van der Waals surface area contributed by atoms with E-state index in [1.807, 2.05) is 19.9 Å². The number of benzene rings is 1. The van der Waals surface area contributed by atoms with Crippen molar-refractivity contribution < 1.29 is 13.0 Å². The van der Waals surface area contributed by atoms with E-state index in [0.29, 0.717) is 17.9 Å². The highest BCUT2D eigenvalue weighted by Crippen LogP contribution is 2.37. The van der Waals surface area contributed by atoms with Gasteiger partial charge in [-0.3, -0.25) is 4.21 Å². The van der Waals surface area contributed by atoms with E-state index in [1.165, 1.54) is 6.07 Å². The Morgan fingerprint density at radius 1 is 1.45 bits per heavy atom. The van der Waals surface area contributed by atoms with Crippen LogP contribution in [0.25, 0.3) is 0 Å². The molecular formula is C15H16FNO2S. The van der Waals surface area contributed by atoms with E-state index in [0.717, 1.165) is 23.4 Å². The number of aryl methyl sites for hydroxylation is 2. The van der Waals surface area contributed by atoms with Crippen molar-refractivity contribution in [1.82, 2.24) is 4.98 Å². The van der Waals surface area contributed by atoms with Crippen molar-refractivity contribution >= 4 is 10.8 Å². The SMILES string of the molecule is Cc1nc(C[S@@](=O)[C@@H]2CCc3c(F)cccc32)oc1C. The topological polar surface area (TPSA) is 43.1 Å². The second-order valence-electron chi connectivity index (χ2n) is 5.11. The third-order valence-electron chi connectivity index (χ3n) is 3.81. The molecule has 0 radical (unpaired) electrons. The zero-order valence-corrected chi connectivity index (χ0v) is 12.3. The van der Waals surface area contributed by atoms with Crippen LogP contribution in [0.4, 0.5) is 4.39 Å². The van der Waals surface area contributed by atoms with Crippen molar-refractivity contribution in [3.05, 3.63) is 52.5 Å². The molecule has 0 fully saturated rings. The summed E-state index contributed by atoms with van der Waals surface area (Å²) >= 11 is 0. The van der Waals surface area contributed by atoms with Gasteiger partial charge in [-0.25, -0.2) is 9.37 Å². The fourth-order valence-electron chi connectivity index (χ4n) is 2.67. The highest BCUT2D eigenvalue weighted by Gasteiger charge is 2.30. The van der Waals surface area contributed by atoms with Crippen LogP contribution >= 0.6 is 0 Å². The molecule has 1 aliphatic carbocycles. The molecule has 0 saturated carbocycles. The number of hydrogen-bond donors (Lipinski definition) is 0. The first kappa shape index (κ1) is 13.5. The fraction of sp³-hybridized carbons (Fsp3) is 0.400. The number of rotatable bonds is 3. The highest BCUT2D eigenvalue weighted by atomic mass is 32.2. The predicted molar refractivity (Wildman–Crippen MR) is 75.3 cm³/mol. The summed E-state index contributed by atoms with van der Waals surface area (Å²) in [4.78, 5) is 4.26. The van der Waals surface area contributed by atoms with Crippen LogP contribution in [0.1, 0.15) is 40.1 Å². The maximum Gasteiger partial charge on any atom is 0.207 e. The van der Waals surface area contributed by atoms with Gasteiger partial charge >= 0.3 is 0 Å². The summed E-state index contributed by atoms with van der Waals surface area (Å²) in [5.74, 6) is 1.36. The normalized spacial score (nSPS) is 19.1. The van der Waals surface area contributed by atoms with Crippen LogP contribution < -0.4 is 0 Å². The summed E-state index contributed by atoms with van der Waals surface area (Å²) in [6.07, 6.45) is 1.38. The Morgan fingerprint density at radius 3 is 2.95 bits per heavy atom. The van der Waals surface area contributed by atoms with Crippen LogP contribution in [0.5, 0.6) is 0 Å². The predicted octanol–water partition coefficient (Wildman–Crippen LogP) is 3.37. The monoisotopic (exact) mass is 293 g/mol. The Kier molecular flexibility index (Phi) is 3.46. The first-order valence-corrected chi connectivity index (χ1v) is 8.02. The van der Waals surface area contributed by atoms with Crippen molar-refractivity contribution in [2.24, 2.45) is 0 Å². The third kappa shape index (κ3) is 2.30. The molecule has 0 spiro atoms. The van der Waals surface area contributed by atoms with E-state index in [1.54, 1.807) is 6.07 Å². The lowest BCUT2D eigenvalue weighted by molar-refractivity contribution is 0.487. The summed E-state index contributed by atoms with van der Waals surface area (Å²) in [6.45, 7) is 3.71. The molecule has 0 N–H and O–H groups in total. The van der Waals surface area contributed by atoms with E-state index in [9.17, 15) is 8.60 Å². The number of aromatic nitrogens is 1. The highest BCUT2D eigenvalue weighted by molar-refractivity contribution is 7.84. The maximum atomic E-state index is 13.7. The van der Waals surface area contributed by atoms with E-state index >= 15 is 0 Å². The lowest BCUT2D eigenvalue weighted by Crippen LogP contribution is -2.06. The number of fused-ring (bicyclic) bond motifs is 1. The lowest BCUT2D eigenvalue weighted by atomic mass is 10.1. The average Bonchev–Trinajstić information content (AvgIpc) is 2.95. The zero-order valence-electron chi connectivity index (χ0n) is 11.5. The first-order chi connectivity index (χ1) is 9.56. The van der Waals surface area contributed by atoms with Gasteiger partial charge in [-0.15, -0.1) is 0 Å². The lowest BCUT2D eigenvalue weighted by Gasteiger charge is -2.10. The number of nitrogens with zero attached hydrogens (tertiary/aromatic N) is 1. The molecule has 0 amide bonds. The summed E-state index contributed by atoms with van der Waals surface area (Å²) in [6, 6.07) is 5.02. The molecule has 1 aromatic heterocycles. The molecule has 2 atom stereocenters. The second-order valence-corrected chi connectivity index (χ2v) is 6.73. The van der Waals surface area contributed by atoms with Gasteiger partial charge in [0.15, 0.2) is 0 Å². The van der Waals surface area contributed by atoms with Crippen LogP contribution in [-0.4, -0.2) is 9.19 Å². The minimum atomic E-state index is -1.13. The van der Waals surface area contributed by atoms with Crippen LogP contribution in [0.2, 0.25) is 0 Å². The van der Waals surface area contributed by atoms with E-state index < -0.39 is 10.8 Å².